The predicted octanol–water partition coefficient (Wildman–Crippen LogP) is 2.81. The Labute approximate surface area is 139 Å². The number of aliphatic imine (C=N–C) groups is 2. The zero-order valence-electron chi connectivity index (χ0n) is 12.3. The molecule has 0 aromatic heterocycles. The van der Waals surface area contributed by atoms with Crippen molar-refractivity contribution in [2.45, 2.75) is 0 Å². The van der Waals surface area contributed by atoms with Crippen molar-refractivity contribution in [3.8, 4) is 11.5 Å². The van der Waals surface area contributed by atoms with Crippen LogP contribution in [0.5, 0.6) is 11.5 Å². The maximum Gasteiger partial charge on any atom is 0.338 e. The van der Waals surface area contributed by atoms with Crippen molar-refractivity contribution in [1.29, 1.82) is 0 Å². The number of carboxylic acids is 2. The van der Waals surface area contributed by atoms with E-state index in [-0.39, 0.29) is 34.0 Å². The van der Waals surface area contributed by atoms with E-state index in [0.29, 0.717) is 0 Å². The Balaban J connectivity index is 2.43. The molecule has 0 heterocycles. The maximum absolute atomic E-state index is 11.2. The lowest BCUT2D eigenvalue weighted by Crippen LogP contribution is -1.99. The molecule has 0 aliphatic rings. The number of benzene rings is 2. The first-order valence-electron chi connectivity index (χ1n) is 6.54. The van der Waals surface area contributed by atoms with Gasteiger partial charge in [0.2, 0.25) is 12.2 Å². The second kappa shape index (κ2) is 7.47. The van der Waals surface area contributed by atoms with E-state index in [9.17, 15) is 19.2 Å². The Bertz CT molecular complexity index is 877. The number of nitrogens with zero attached hydrogens (tertiary/aromatic N) is 2. The van der Waals surface area contributed by atoms with Gasteiger partial charge in [0, 0.05) is 0 Å². The Morgan fingerprint density at radius 3 is 1.52 bits per heavy atom. The highest BCUT2D eigenvalue weighted by Crippen LogP contribution is 2.30. The number of rotatable bonds is 6. The molecule has 25 heavy (non-hydrogen) atoms. The van der Waals surface area contributed by atoms with E-state index in [1.165, 1.54) is 36.4 Å². The monoisotopic (exact) mass is 340 g/mol. The van der Waals surface area contributed by atoms with E-state index < -0.39 is 11.9 Å². The number of hydrogen-bond donors (Lipinski definition) is 2. The van der Waals surface area contributed by atoms with Gasteiger partial charge in [-0.05, 0) is 36.4 Å². The van der Waals surface area contributed by atoms with Gasteiger partial charge in [0.05, 0.1) is 22.5 Å². The average molecular weight is 340 g/mol. The lowest BCUT2D eigenvalue weighted by atomic mass is 10.1. The summed E-state index contributed by atoms with van der Waals surface area (Å²) in [5, 5.41) is 18.2. The Kier molecular flexibility index (Phi) is 5.17. The van der Waals surface area contributed by atoms with Gasteiger partial charge in [-0.1, -0.05) is 0 Å². The van der Waals surface area contributed by atoms with E-state index >= 15 is 0 Å². The summed E-state index contributed by atoms with van der Waals surface area (Å²) in [7, 11) is 0. The van der Waals surface area contributed by atoms with E-state index in [1.54, 1.807) is 0 Å². The largest absolute Gasteiger partial charge is 0.478 e. The zero-order valence-corrected chi connectivity index (χ0v) is 12.3. The Morgan fingerprint density at radius 2 is 1.20 bits per heavy atom. The fourth-order valence-electron chi connectivity index (χ4n) is 1.93. The fraction of sp³-hybridized carbons (Fsp3) is 0. The highest BCUT2D eigenvalue weighted by atomic mass is 16.5. The van der Waals surface area contributed by atoms with Crippen molar-refractivity contribution < 1.29 is 34.1 Å². The van der Waals surface area contributed by atoms with Crippen molar-refractivity contribution in [3.63, 3.8) is 0 Å². The summed E-state index contributed by atoms with van der Waals surface area (Å²) in [6, 6.07) is 7.42. The molecule has 0 radical (unpaired) electrons. The van der Waals surface area contributed by atoms with Gasteiger partial charge in [-0.15, -0.1) is 0 Å². The third kappa shape index (κ3) is 4.02. The van der Waals surface area contributed by atoms with Crippen LogP contribution in [0.4, 0.5) is 11.4 Å². The number of carboxylic acid groups (broad SMARTS) is 2. The summed E-state index contributed by atoms with van der Waals surface area (Å²) in [5.41, 5.74) is -0.781. The molecule has 2 aromatic rings. The maximum atomic E-state index is 11.2. The van der Waals surface area contributed by atoms with Gasteiger partial charge in [0.15, 0.2) is 0 Å². The molecule has 9 heteroatoms. The molecule has 0 aliphatic heterocycles. The molecule has 2 N–H and O–H groups in total. The fourth-order valence-corrected chi connectivity index (χ4v) is 1.93. The normalized spacial score (nSPS) is 9.44. The van der Waals surface area contributed by atoms with Crippen LogP contribution in [0.25, 0.3) is 0 Å². The van der Waals surface area contributed by atoms with Crippen LogP contribution >= 0.6 is 0 Å². The number of carbonyl (C=O) groups is 2. The minimum absolute atomic E-state index is 0.0743. The molecule has 9 nitrogen and oxygen atoms in total. The lowest BCUT2D eigenvalue weighted by Gasteiger charge is -2.09. The van der Waals surface area contributed by atoms with Crippen LogP contribution in [0.3, 0.4) is 0 Å². The standard InChI is InChI=1S/C16H8N2O7/c19-7-17-13-3-1-9(5-11(13)15(21)22)25-10-2-4-14(18-8-20)12(6-10)16(23)24/h1-6H,(H,21,22)(H,23,24). The highest BCUT2D eigenvalue weighted by molar-refractivity contribution is 5.95. The number of aromatic carboxylic acids is 2. The average Bonchev–Trinajstić information content (AvgIpc) is 2.57. The van der Waals surface area contributed by atoms with Crippen molar-refractivity contribution >= 4 is 35.5 Å². The molecule has 0 aliphatic carbocycles. The molecule has 0 spiro atoms. The van der Waals surface area contributed by atoms with Crippen molar-refractivity contribution in [3.05, 3.63) is 47.5 Å². The summed E-state index contributed by atoms with van der Waals surface area (Å²) < 4.78 is 5.42. The van der Waals surface area contributed by atoms with Crippen LogP contribution in [-0.2, 0) is 9.59 Å². The van der Waals surface area contributed by atoms with Crippen molar-refractivity contribution in [2.75, 3.05) is 0 Å². The molecule has 0 saturated carbocycles. The molecule has 0 saturated heterocycles. The SMILES string of the molecule is O=C=Nc1ccc(Oc2ccc(N=C=O)c(C(=O)O)c2)cc1C(=O)O. The van der Waals surface area contributed by atoms with E-state index in [2.05, 4.69) is 9.98 Å². The van der Waals surface area contributed by atoms with E-state index in [1.807, 2.05) is 0 Å². The van der Waals surface area contributed by atoms with Gasteiger partial charge in [0.25, 0.3) is 0 Å². The molecular weight excluding hydrogens is 332 g/mol. The van der Waals surface area contributed by atoms with Gasteiger partial charge in [-0.25, -0.2) is 19.2 Å². The highest BCUT2D eigenvalue weighted by Gasteiger charge is 2.14. The van der Waals surface area contributed by atoms with Gasteiger partial charge in [0.1, 0.15) is 11.5 Å². The summed E-state index contributed by atoms with van der Waals surface area (Å²) in [6.07, 6.45) is 2.50. The minimum Gasteiger partial charge on any atom is -0.478 e. The number of hydrogen-bond acceptors (Lipinski definition) is 7. The van der Waals surface area contributed by atoms with Crippen LogP contribution in [0.1, 0.15) is 20.7 Å². The third-order valence-electron chi connectivity index (χ3n) is 2.96. The molecule has 2 aromatic carbocycles. The molecule has 0 unspecified atom stereocenters. The summed E-state index contributed by atoms with van der Waals surface area (Å²) in [5.74, 6) is -2.52. The van der Waals surface area contributed by atoms with Gasteiger partial charge in [-0.2, -0.15) is 9.98 Å². The number of carbonyl (C=O) groups excluding carboxylic acids is 2. The smallest absolute Gasteiger partial charge is 0.338 e. The zero-order chi connectivity index (χ0) is 18.4. The molecule has 2 rings (SSSR count). The minimum atomic E-state index is -1.33. The first kappa shape index (κ1) is 17.3. The summed E-state index contributed by atoms with van der Waals surface area (Å²) in [4.78, 5) is 49.5. The molecule has 0 amide bonds. The van der Waals surface area contributed by atoms with E-state index in [4.69, 9.17) is 14.9 Å². The topological polar surface area (TPSA) is 143 Å². The molecular formula is C16H8N2O7. The second-order valence-corrected chi connectivity index (χ2v) is 4.48. The van der Waals surface area contributed by atoms with E-state index in [0.717, 1.165) is 12.1 Å². The van der Waals surface area contributed by atoms with Crippen LogP contribution < -0.4 is 4.74 Å². The first-order valence-corrected chi connectivity index (χ1v) is 6.54. The molecule has 0 fully saturated rings. The second-order valence-electron chi connectivity index (χ2n) is 4.48. The first-order chi connectivity index (χ1) is 12.0. The number of isocyanates is 2. The lowest BCUT2D eigenvalue weighted by molar-refractivity contribution is 0.0687. The quantitative estimate of drug-likeness (QED) is 0.608. The van der Waals surface area contributed by atoms with Crippen LogP contribution in [0, 0.1) is 0 Å². The van der Waals surface area contributed by atoms with Gasteiger partial charge < -0.3 is 14.9 Å². The van der Waals surface area contributed by atoms with Crippen LogP contribution in [0.2, 0.25) is 0 Å². The summed E-state index contributed by atoms with van der Waals surface area (Å²) in [6.45, 7) is 0. The van der Waals surface area contributed by atoms with Crippen LogP contribution in [0.15, 0.2) is 46.4 Å². The number of ether oxygens (including phenoxy) is 1. The molecule has 0 bridgehead atoms. The van der Waals surface area contributed by atoms with Gasteiger partial charge >= 0.3 is 11.9 Å². The van der Waals surface area contributed by atoms with Gasteiger partial charge in [-0.3, -0.25) is 0 Å². The Morgan fingerprint density at radius 1 is 0.800 bits per heavy atom. The van der Waals surface area contributed by atoms with Crippen molar-refractivity contribution in [1.82, 2.24) is 0 Å². The van der Waals surface area contributed by atoms with Crippen LogP contribution in [-0.4, -0.2) is 34.3 Å². The predicted molar refractivity (Wildman–Crippen MR) is 82.4 cm³/mol. The third-order valence-corrected chi connectivity index (χ3v) is 2.96. The molecule has 124 valence electrons. The summed E-state index contributed by atoms with van der Waals surface area (Å²) >= 11 is 0. The van der Waals surface area contributed by atoms with Crippen molar-refractivity contribution in [2.24, 2.45) is 9.98 Å². The molecule has 0 atom stereocenters. The Hall–Kier alpha value is -4.06.